The number of ketones is 1. The summed E-state index contributed by atoms with van der Waals surface area (Å²) in [5.41, 5.74) is 0.608. The normalized spacial score (nSPS) is 10.8. The van der Waals surface area contributed by atoms with E-state index in [0.717, 1.165) is 16.7 Å². The molecule has 17 heavy (non-hydrogen) atoms. The Balaban J connectivity index is 2.69. The predicted octanol–water partition coefficient (Wildman–Crippen LogP) is 3.68. The van der Waals surface area contributed by atoms with Gasteiger partial charge in [0.1, 0.15) is 9.39 Å². The van der Waals surface area contributed by atoms with E-state index in [9.17, 15) is 4.79 Å². The lowest BCUT2D eigenvalue weighted by Crippen LogP contribution is -2.06. The molecule has 0 spiro atoms. The molecular formula is C13H19IN2O. The molecule has 0 unspecified atom stereocenters. The zero-order valence-corrected chi connectivity index (χ0v) is 12.6. The van der Waals surface area contributed by atoms with Crippen LogP contribution in [0.2, 0.25) is 0 Å². The van der Waals surface area contributed by atoms with Crippen LogP contribution in [-0.2, 0) is 6.54 Å². The van der Waals surface area contributed by atoms with Gasteiger partial charge in [-0.2, -0.15) is 0 Å². The first-order chi connectivity index (χ1) is 8.06. The number of allylic oxidation sites excluding steroid dienone is 1. The van der Waals surface area contributed by atoms with Gasteiger partial charge in [0.05, 0.1) is 6.33 Å². The molecule has 0 aliphatic heterocycles. The quantitative estimate of drug-likeness (QED) is 0.429. The molecule has 1 aromatic heterocycles. The first-order valence-electron chi connectivity index (χ1n) is 5.91. The Hall–Kier alpha value is -0.650. The summed E-state index contributed by atoms with van der Waals surface area (Å²) in [5.74, 6) is 0.769. The summed E-state index contributed by atoms with van der Waals surface area (Å²) in [6.45, 7) is 8.94. The highest BCUT2D eigenvalue weighted by molar-refractivity contribution is 14.1. The van der Waals surface area contributed by atoms with E-state index in [1.165, 1.54) is 0 Å². The third-order valence-corrected chi connectivity index (χ3v) is 3.69. The molecule has 0 atom stereocenters. The Morgan fingerprint density at radius 2 is 2.35 bits per heavy atom. The Bertz CT molecular complexity index is 396. The third kappa shape index (κ3) is 4.26. The topological polar surface area (TPSA) is 34.9 Å². The molecule has 0 saturated heterocycles. The standard InChI is InChI=1S/C13H19IN2O/c1-4-5-6-11(17)12-13(14)16(9-15-12)8-7-10(2)3/h4,9-10H,1,5-8H2,2-3H3. The molecule has 3 nitrogen and oxygen atoms in total. The number of rotatable bonds is 7. The molecule has 0 amide bonds. The van der Waals surface area contributed by atoms with Crippen LogP contribution in [-0.4, -0.2) is 15.3 Å². The second-order valence-electron chi connectivity index (χ2n) is 4.51. The second kappa shape index (κ2) is 6.93. The minimum Gasteiger partial charge on any atom is -0.325 e. The van der Waals surface area contributed by atoms with Crippen LogP contribution >= 0.6 is 22.6 Å². The van der Waals surface area contributed by atoms with Gasteiger partial charge in [0.25, 0.3) is 0 Å². The number of Topliss-reactive ketones (excluding diaryl/α,β-unsaturated/α-hetero) is 1. The van der Waals surface area contributed by atoms with Crippen molar-refractivity contribution >= 4 is 28.4 Å². The average Bonchev–Trinajstić information content (AvgIpc) is 2.65. The number of hydrogen-bond donors (Lipinski definition) is 0. The lowest BCUT2D eigenvalue weighted by atomic mass is 10.1. The fourth-order valence-electron chi connectivity index (χ4n) is 1.46. The Kier molecular flexibility index (Phi) is 5.88. The zero-order valence-electron chi connectivity index (χ0n) is 10.4. The van der Waals surface area contributed by atoms with Gasteiger partial charge in [-0.3, -0.25) is 4.79 Å². The largest absolute Gasteiger partial charge is 0.325 e. The van der Waals surface area contributed by atoms with Gasteiger partial charge in [-0.25, -0.2) is 4.98 Å². The minimum absolute atomic E-state index is 0.109. The summed E-state index contributed by atoms with van der Waals surface area (Å²) in [6, 6.07) is 0. The van der Waals surface area contributed by atoms with Crippen LogP contribution in [0.25, 0.3) is 0 Å². The first-order valence-corrected chi connectivity index (χ1v) is 6.98. The van der Waals surface area contributed by atoms with Crippen molar-refractivity contribution in [2.24, 2.45) is 5.92 Å². The van der Waals surface area contributed by atoms with Crippen LogP contribution in [0.4, 0.5) is 0 Å². The molecule has 0 aliphatic rings. The summed E-state index contributed by atoms with van der Waals surface area (Å²) in [6.07, 6.45) is 5.85. The van der Waals surface area contributed by atoms with Crippen molar-refractivity contribution < 1.29 is 4.79 Å². The molecular weight excluding hydrogens is 327 g/mol. The molecule has 94 valence electrons. The monoisotopic (exact) mass is 346 g/mol. The number of carbonyl (C=O) groups is 1. The summed E-state index contributed by atoms with van der Waals surface area (Å²) in [7, 11) is 0. The number of imidazole rings is 1. The van der Waals surface area contributed by atoms with Crippen molar-refractivity contribution in [3.8, 4) is 0 Å². The summed E-state index contributed by atoms with van der Waals surface area (Å²) >= 11 is 2.20. The van der Waals surface area contributed by atoms with Crippen molar-refractivity contribution in [2.45, 2.75) is 39.7 Å². The highest BCUT2D eigenvalue weighted by Gasteiger charge is 2.15. The molecule has 0 saturated carbocycles. The van der Waals surface area contributed by atoms with Crippen LogP contribution in [0.15, 0.2) is 19.0 Å². The summed E-state index contributed by atoms with van der Waals surface area (Å²) < 4.78 is 3.01. The van der Waals surface area contributed by atoms with Gasteiger partial charge in [-0.05, 0) is 41.4 Å². The van der Waals surface area contributed by atoms with Gasteiger partial charge in [0, 0.05) is 13.0 Å². The highest BCUT2D eigenvalue weighted by atomic mass is 127. The van der Waals surface area contributed by atoms with Gasteiger partial charge >= 0.3 is 0 Å². The Morgan fingerprint density at radius 1 is 1.65 bits per heavy atom. The molecule has 1 heterocycles. The fourth-order valence-corrected chi connectivity index (χ4v) is 2.27. The highest BCUT2D eigenvalue weighted by Crippen LogP contribution is 2.15. The van der Waals surface area contributed by atoms with Crippen molar-refractivity contribution in [1.29, 1.82) is 0 Å². The van der Waals surface area contributed by atoms with E-state index < -0.39 is 0 Å². The number of aryl methyl sites for hydroxylation is 1. The van der Waals surface area contributed by atoms with Gasteiger partial charge < -0.3 is 4.57 Å². The van der Waals surface area contributed by atoms with Crippen molar-refractivity contribution in [3.63, 3.8) is 0 Å². The molecule has 4 heteroatoms. The molecule has 1 aromatic rings. The third-order valence-electron chi connectivity index (χ3n) is 2.56. The van der Waals surface area contributed by atoms with Crippen LogP contribution in [0, 0.1) is 9.62 Å². The van der Waals surface area contributed by atoms with Crippen molar-refractivity contribution in [3.05, 3.63) is 28.4 Å². The van der Waals surface area contributed by atoms with E-state index in [1.807, 2.05) is 0 Å². The van der Waals surface area contributed by atoms with Crippen LogP contribution in [0.5, 0.6) is 0 Å². The van der Waals surface area contributed by atoms with Crippen LogP contribution in [0.3, 0.4) is 0 Å². The lowest BCUT2D eigenvalue weighted by Gasteiger charge is -2.06. The van der Waals surface area contributed by atoms with E-state index in [0.29, 0.717) is 24.5 Å². The molecule has 0 radical (unpaired) electrons. The average molecular weight is 346 g/mol. The Morgan fingerprint density at radius 3 is 2.94 bits per heavy atom. The summed E-state index contributed by atoms with van der Waals surface area (Å²) in [4.78, 5) is 16.1. The van der Waals surface area contributed by atoms with Crippen molar-refractivity contribution in [2.75, 3.05) is 0 Å². The smallest absolute Gasteiger partial charge is 0.184 e. The maximum Gasteiger partial charge on any atom is 0.184 e. The van der Waals surface area contributed by atoms with Gasteiger partial charge in [0.15, 0.2) is 5.78 Å². The van der Waals surface area contributed by atoms with Crippen molar-refractivity contribution in [1.82, 2.24) is 9.55 Å². The lowest BCUT2D eigenvalue weighted by molar-refractivity contribution is 0.0978. The van der Waals surface area contributed by atoms with E-state index in [-0.39, 0.29) is 5.78 Å². The zero-order chi connectivity index (χ0) is 12.8. The number of hydrogen-bond acceptors (Lipinski definition) is 2. The van der Waals surface area contributed by atoms with Gasteiger partial charge in [-0.15, -0.1) is 6.58 Å². The van der Waals surface area contributed by atoms with Crippen LogP contribution in [0.1, 0.15) is 43.6 Å². The molecule has 0 aromatic carbocycles. The molecule has 0 fully saturated rings. The minimum atomic E-state index is 0.109. The first kappa shape index (κ1) is 14.4. The van der Waals surface area contributed by atoms with Crippen LogP contribution < -0.4 is 0 Å². The van der Waals surface area contributed by atoms with E-state index in [2.05, 4.69) is 52.6 Å². The predicted molar refractivity (Wildman–Crippen MR) is 78.2 cm³/mol. The van der Waals surface area contributed by atoms with E-state index >= 15 is 0 Å². The number of nitrogens with zero attached hydrogens (tertiary/aromatic N) is 2. The maximum absolute atomic E-state index is 11.8. The van der Waals surface area contributed by atoms with Gasteiger partial charge in [0.2, 0.25) is 0 Å². The number of aromatic nitrogens is 2. The molecule has 0 aliphatic carbocycles. The SMILES string of the molecule is C=CCCC(=O)c1ncn(CCC(C)C)c1I. The maximum atomic E-state index is 11.8. The second-order valence-corrected chi connectivity index (χ2v) is 5.53. The van der Waals surface area contributed by atoms with Gasteiger partial charge in [-0.1, -0.05) is 19.9 Å². The van der Waals surface area contributed by atoms with E-state index in [4.69, 9.17) is 0 Å². The van der Waals surface area contributed by atoms with E-state index in [1.54, 1.807) is 12.4 Å². The fraction of sp³-hybridized carbons (Fsp3) is 0.538. The molecule has 0 N–H and O–H groups in total. The summed E-state index contributed by atoms with van der Waals surface area (Å²) in [5, 5.41) is 0. The molecule has 0 bridgehead atoms. The Labute approximate surface area is 116 Å². The number of halogens is 1. The molecule has 1 rings (SSSR count). The number of carbonyl (C=O) groups excluding carboxylic acids is 1.